The fourth-order valence-electron chi connectivity index (χ4n) is 2.13. The molecule has 1 amide bonds. The maximum atomic E-state index is 12.6. The summed E-state index contributed by atoms with van der Waals surface area (Å²) >= 11 is 0. The first-order valence-corrected chi connectivity index (χ1v) is 7.71. The zero-order valence-corrected chi connectivity index (χ0v) is 14.1. The van der Waals surface area contributed by atoms with Gasteiger partial charge in [-0.2, -0.15) is 0 Å². The summed E-state index contributed by atoms with van der Waals surface area (Å²) in [5, 5.41) is 2.49. The number of rotatable bonds is 6. The molecule has 0 aliphatic heterocycles. The first-order chi connectivity index (χ1) is 11.8. The molecule has 0 unspecified atom stereocenters. The molecule has 0 spiro atoms. The molecule has 0 bridgehead atoms. The second-order valence-corrected chi connectivity index (χ2v) is 5.90. The van der Waals surface area contributed by atoms with Gasteiger partial charge >= 0.3 is 5.97 Å². The van der Waals surface area contributed by atoms with Crippen molar-refractivity contribution in [2.45, 2.75) is 19.4 Å². The highest BCUT2D eigenvalue weighted by atomic mass is 16.5. The number of hydrogen-bond acceptors (Lipinski definition) is 4. The zero-order valence-electron chi connectivity index (χ0n) is 14.1. The zero-order chi connectivity index (χ0) is 18.4. The Morgan fingerprint density at radius 3 is 2.24 bits per heavy atom. The minimum atomic E-state index is -1.27. The Morgan fingerprint density at radius 1 is 1.00 bits per heavy atom. The lowest BCUT2D eigenvalue weighted by Crippen LogP contribution is -2.51. The van der Waals surface area contributed by atoms with E-state index in [-0.39, 0.29) is 17.1 Å². The van der Waals surface area contributed by atoms with Crippen molar-refractivity contribution in [1.29, 1.82) is 0 Å². The van der Waals surface area contributed by atoms with Gasteiger partial charge < -0.3 is 10.1 Å². The van der Waals surface area contributed by atoms with Crippen LogP contribution in [0.3, 0.4) is 0 Å². The molecule has 0 heterocycles. The smallest absolute Gasteiger partial charge is 0.336 e. The van der Waals surface area contributed by atoms with Crippen LogP contribution in [-0.2, 0) is 9.59 Å². The molecule has 5 heteroatoms. The van der Waals surface area contributed by atoms with Gasteiger partial charge in [-0.1, -0.05) is 49.0 Å². The summed E-state index contributed by atoms with van der Waals surface area (Å²) in [4.78, 5) is 36.5. The van der Waals surface area contributed by atoms with E-state index in [1.165, 1.54) is 13.8 Å². The van der Waals surface area contributed by atoms with Crippen molar-refractivity contribution in [1.82, 2.24) is 5.32 Å². The Kier molecular flexibility index (Phi) is 5.49. The monoisotopic (exact) mass is 337 g/mol. The van der Waals surface area contributed by atoms with Crippen molar-refractivity contribution in [2.24, 2.45) is 0 Å². The third-order valence-corrected chi connectivity index (χ3v) is 3.50. The Morgan fingerprint density at radius 2 is 1.60 bits per heavy atom. The van der Waals surface area contributed by atoms with E-state index in [1.54, 1.807) is 48.5 Å². The van der Waals surface area contributed by atoms with Crippen LogP contribution in [0.25, 0.3) is 0 Å². The number of hydrogen-bond donors (Lipinski definition) is 1. The molecule has 0 aliphatic carbocycles. The Hall–Kier alpha value is -3.21. The first-order valence-electron chi connectivity index (χ1n) is 7.71. The van der Waals surface area contributed by atoms with E-state index in [1.807, 2.05) is 6.07 Å². The van der Waals surface area contributed by atoms with Gasteiger partial charge in [0, 0.05) is 5.56 Å². The topological polar surface area (TPSA) is 72.5 Å². The van der Waals surface area contributed by atoms with Crippen molar-refractivity contribution in [3.05, 3.63) is 78.4 Å². The van der Waals surface area contributed by atoms with Crippen molar-refractivity contribution >= 4 is 17.7 Å². The molecule has 1 N–H and O–H groups in total. The normalized spacial score (nSPS) is 10.6. The number of nitrogens with one attached hydrogen (secondary N) is 1. The maximum Gasteiger partial charge on any atom is 0.336 e. The van der Waals surface area contributed by atoms with Crippen molar-refractivity contribution in [2.75, 3.05) is 0 Å². The molecular formula is C20H19NO4. The Bertz CT molecular complexity index is 809. The minimum Gasteiger partial charge on any atom is -0.424 e. The first kappa shape index (κ1) is 18.1. The molecule has 0 saturated carbocycles. The van der Waals surface area contributed by atoms with Gasteiger partial charge in [-0.3, -0.25) is 9.59 Å². The second-order valence-electron chi connectivity index (χ2n) is 5.90. The van der Waals surface area contributed by atoms with Crippen molar-refractivity contribution < 1.29 is 19.1 Å². The van der Waals surface area contributed by atoms with E-state index < -0.39 is 17.4 Å². The fourth-order valence-corrected chi connectivity index (χ4v) is 2.13. The Balaban J connectivity index is 2.26. The third kappa shape index (κ3) is 4.41. The summed E-state index contributed by atoms with van der Waals surface area (Å²) in [6.07, 6.45) is 1.07. The molecule has 25 heavy (non-hydrogen) atoms. The quantitative estimate of drug-likeness (QED) is 0.381. The van der Waals surface area contributed by atoms with Crippen LogP contribution in [0.4, 0.5) is 0 Å². The molecule has 2 aromatic rings. The number of benzene rings is 2. The van der Waals surface area contributed by atoms with Gasteiger partial charge in [0.2, 0.25) is 5.91 Å². The molecule has 5 nitrogen and oxygen atoms in total. The predicted molar refractivity (Wildman–Crippen MR) is 94.4 cm³/mol. The summed E-state index contributed by atoms with van der Waals surface area (Å²) in [6, 6.07) is 15.2. The number of ketones is 1. The van der Waals surface area contributed by atoms with Crippen LogP contribution in [0.1, 0.15) is 29.8 Å². The maximum absolute atomic E-state index is 12.6. The summed E-state index contributed by atoms with van der Waals surface area (Å²) in [6.45, 7) is 6.37. The molecule has 0 fully saturated rings. The van der Waals surface area contributed by atoms with Crippen LogP contribution in [-0.4, -0.2) is 23.2 Å². The number of ether oxygens (including phenoxy) is 1. The van der Waals surface area contributed by atoms with Gasteiger partial charge in [0.15, 0.2) is 5.78 Å². The molecule has 2 aromatic carbocycles. The van der Waals surface area contributed by atoms with Gasteiger partial charge in [0.1, 0.15) is 11.3 Å². The van der Waals surface area contributed by atoms with E-state index in [0.717, 1.165) is 6.08 Å². The van der Waals surface area contributed by atoms with Gasteiger partial charge in [-0.05, 0) is 32.1 Å². The molecule has 0 saturated heterocycles. The molecule has 0 atom stereocenters. The van der Waals surface area contributed by atoms with Gasteiger partial charge in [-0.25, -0.2) is 4.79 Å². The molecule has 0 radical (unpaired) electrons. The average Bonchev–Trinajstić information content (AvgIpc) is 2.61. The van der Waals surface area contributed by atoms with Gasteiger partial charge in [0.25, 0.3) is 0 Å². The molecule has 0 aromatic heterocycles. The van der Waals surface area contributed by atoms with Crippen LogP contribution >= 0.6 is 0 Å². The van der Waals surface area contributed by atoms with E-state index >= 15 is 0 Å². The van der Waals surface area contributed by atoms with E-state index in [4.69, 9.17) is 4.74 Å². The summed E-state index contributed by atoms with van der Waals surface area (Å²) in [5.74, 6) is -1.29. The van der Waals surface area contributed by atoms with Crippen LogP contribution < -0.4 is 10.1 Å². The summed E-state index contributed by atoms with van der Waals surface area (Å²) in [5.41, 5.74) is -0.508. The van der Waals surface area contributed by atoms with Crippen molar-refractivity contribution in [3.8, 4) is 5.75 Å². The lowest BCUT2D eigenvalue weighted by atomic mass is 10.0. The van der Waals surface area contributed by atoms with E-state index in [0.29, 0.717) is 5.56 Å². The SMILES string of the molecule is C=CC(=O)NC(C)(C)C(=O)Oc1ccccc1C(=O)c1ccccc1. The number of carbonyl (C=O) groups excluding carboxylic acids is 3. The van der Waals surface area contributed by atoms with E-state index in [2.05, 4.69) is 11.9 Å². The summed E-state index contributed by atoms with van der Waals surface area (Å²) in [7, 11) is 0. The Labute approximate surface area is 146 Å². The number of para-hydroxylation sites is 1. The molecule has 0 aliphatic rings. The highest BCUT2D eigenvalue weighted by molar-refractivity contribution is 6.11. The second kappa shape index (κ2) is 7.57. The highest BCUT2D eigenvalue weighted by Gasteiger charge is 2.32. The summed E-state index contributed by atoms with van der Waals surface area (Å²) < 4.78 is 5.39. The molecule has 128 valence electrons. The highest BCUT2D eigenvalue weighted by Crippen LogP contribution is 2.23. The van der Waals surface area contributed by atoms with Crippen LogP contribution in [0.15, 0.2) is 67.3 Å². The lowest BCUT2D eigenvalue weighted by molar-refractivity contribution is -0.142. The fraction of sp³-hybridized carbons (Fsp3) is 0.150. The van der Waals surface area contributed by atoms with Crippen LogP contribution in [0.5, 0.6) is 5.75 Å². The molecule has 2 rings (SSSR count). The largest absolute Gasteiger partial charge is 0.424 e. The lowest BCUT2D eigenvalue weighted by Gasteiger charge is -2.23. The third-order valence-electron chi connectivity index (χ3n) is 3.50. The van der Waals surface area contributed by atoms with Gasteiger partial charge in [0.05, 0.1) is 5.56 Å². The van der Waals surface area contributed by atoms with Crippen LogP contribution in [0.2, 0.25) is 0 Å². The standard InChI is InChI=1S/C20H19NO4/c1-4-17(22)21-20(2,3)19(24)25-16-13-9-8-12-15(16)18(23)14-10-6-5-7-11-14/h4-13H,1H2,2-3H3,(H,21,22). The van der Waals surface area contributed by atoms with Gasteiger partial charge in [-0.15, -0.1) is 0 Å². The average molecular weight is 337 g/mol. The van der Waals surface area contributed by atoms with Crippen LogP contribution in [0, 0.1) is 0 Å². The number of amides is 1. The minimum absolute atomic E-state index is 0.141. The molecular weight excluding hydrogens is 318 g/mol. The predicted octanol–water partition coefficient (Wildman–Crippen LogP) is 2.90. The number of esters is 1. The number of carbonyl (C=O) groups is 3. The van der Waals surface area contributed by atoms with Crippen molar-refractivity contribution in [3.63, 3.8) is 0 Å². The van der Waals surface area contributed by atoms with E-state index in [9.17, 15) is 14.4 Å².